The molecule has 12 rings (SSSR count). The van der Waals surface area contributed by atoms with Gasteiger partial charge in [0.1, 0.15) is 11.2 Å². The van der Waals surface area contributed by atoms with Crippen molar-refractivity contribution in [3.63, 3.8) is 0 Å². The highest BCUT2D eigenvalue weighted by atomic mass is 16.3. The minimum Gasteiger partial charge on any atom is -0.455 e. The zero-order valence-electron chi connectivity index (χ0n) is 35.0. The molecular weight excluding hydrogens is 775 g/mol. The lowest BCUT2D eigenvalue weighted by Gasteiger charge is -2.26. The number of hydrogen-bond acceptors (Lipinski definition) is 2. The lowest BCUT2D eigenvalue weighted by Crippen LogP contribution is -2.09. The number of fused-ring (bicyclic) bond motifs is 5. The van der Waals surface area contributed by atoms with Gasteiger partial charge in [-0.1, -0.05) is 194 Å². The molecule has 12 aromatic rings. The molecule has 300 valence electrons. The zero-order valence-corrected chi connectivity index (χ0v) is 35.0. The van der Waals surface area contributed by atoms with E-state index in [2.05, 4.69) is 254 Å². The fourth-order valence-corrected chi connectivity index (χ4v) is 9.35. The summed E-state index contributed by atoms with van der Waals surface area (Å²) in [6, 6.07) is 89.5. The number of nitrogens with zero attached hydrogens (tertiary/aromatic N) is 1. The van der Waals surface area contributed by atoms with E-state index in [1.807, 2.05) is 0 Å². The summed E-state index contributed by atoms with van der Waals surface area (Å²) in [4.78, 5) is 2.35. The lowest BCUT2D eigenvalue weighted by atomic mass is 9.97. The Bertz CT molecular complexity index is 3520. The van der Waals surface area contributed by atoms with Gasteiger partial charge in [0, 0.05) is 39.0 Å². The molecule has 11 aromatic carbocycles. The number of benzene rings is 11. The second-order valence-electron chi connectivity index (χ2n) is 16.5. The van der Waals surface area contributed by atoms with Crippen LogP contribution in [0.2, 0.25) is 0 Å². The van der Waals surface area contributed by atoms with E-state index in [1.54, 1.807) is 0 Å². The predicted molar refractivity (Wildman–Crippen MR) is 271 cm³/mol. The van der Waals surface area contributed by atoms with E-state index >= 15 is 0 Å². The van der Waals surface area contributed by atoms with Crippen molar-refractivity contribution in [3.05, 3.63) is 249 Å². The van der Waals surface area contributed by atoms with Gasteiger partial charge in [-0.05, 0) is 121 Å². The number of hydrogen-bond donors (Lipinski definition) is 0. The Balaban J connectivity index is 0.897. The van der Waals surface area contributed by atoms with Gasteiger partial charge >= 0.3 is 0 Å². The van der Waals surface area contributed by atoms with Crippen LogP contribution in [0.15, 0.2) is 253 Å². The van der Waals surface area contributed by atoms with E-state index < -0.39 is 0 Å². The number of rotatable bonds is 8. The quantitative estimate of drug-likeness (QED) is 0.152. The van der Waals surface area contributed by atoms with Crippen LogP contribution in [0, 0.1) is 0 Å². The van der Waals surface area contributed by atoms with E-state index in [9.17, 15) is 0 Å². The van der Waals surface area contributed by atoms with Crippen molar-refractivity contribution in [3.8, 4) is 55.6 Å². The standard InChI is InChI=1S/C62H41NO/c1-2-13-47(14-3-1)57-19-9-21-59-60-22-10-20-58(62(60)64-61(57)59)53-18-8-17-50(41-53)44-27-33-54(34-28-44)63(55-35-29-45(30-36-55)51-25-23-42-11-4-6-15-48(42)39-51)56-37-31-46(32-38-56)52-26-24-43-12-5-7-16-49(43)40-52/h1-41H. The Kier molecular flexibility index (Phi) is 9.20. The van der Waals surface area contributed by atoms with Gasteiger partial charge in [0.25, 0.3) is 0 Å². The third-order valence-electron chi connectivity index (χ3n) is 12.7. The van der Waals surface area contributed by atoms with E-state index in [0.29, 0.717) is 0 Å². The molecule has 0 aliphatic carbocycles. The fourth-order valence-electron chi connectivity index (χ4n) is 9.35. The minimum absolute atomic E-state index is 0.905. The molecule has 0 aliphatic heterocycles. The van der Waals surface area contributed by atoms with Crippen molar-refractivity contribution >= 4 is 60.5 Å². The Morgan fingerprint density at radius 1 is 0.234 bits per heavy atom. The molecule has 0 spiro atoms. The van der Waals surface area contributed by atoms with Gasteiger partial charge in [-0.3, -0.25) is 0 Å². The van der Waals surface area contributed by atoms with Gasteiger partial charge in [0.2, 0.25) is 0 Å². The normalized spacial score (nSPS) is 11.4. The molecule has 1 heterocycles. The molecule has 0 amide bonds. The van der Waals surface area contributed by atoms with E-state index in [4.69, 9.17) is 4.42 Å². The van der Waals surface area contributed by atoms with Gasteiger partial charge in [-0.2, -0.15) is 0 Å². The van der Waals surface area contributed by atoms with Crippen LogP contribution in [0.5, 0.6) is 0 Å². The Morgan fingerprint density at radius 2 is 0.609 bits per heavy atom. The van der Waals surface area contributed by atoms with Crippen molar-refractivity contribution in [1.29, 1.82) is 0 Å². The van der Waals surface area contributed by atoms with Gasteiger partial charge in [0.05, 0.1) is 0 Å². The van der Waals surface area contributed by atoms with Crippen LogP contribution in [0.1, 0.15) is 0 Å². The molecule has 0 N–H and O–H groups in total. The molecule has 0 fully saturated rings. The first-order valence-electron chi connectivity index (χ1n) is 21.9. The summed E-state index contributed by atoms with van der Waals surface area (Å²) in [6.45, 7) is 0. The van der Waals surface area contributed by atoms with Crippen LogP contribution in [0.3, 0.4) is 0 Å². The molecule has 64 heavy (non-hydrogen) atoms. The van der Waals surface area contributed by atoms with Crippen LogP contribution in [-0.4, -0.2) is 0 Å². The van der Waals surface area contributed by atoms with E-state index in [0.717, 1.165) is 72.4 Å². The van der Waals surface area contributed by atoms with Crippen LogP contribution in [0.25, 0.3) is 99.1 Å². The first-order chi connectivity index (χ1) is 31.7. The molecule has 0 unspecified atom stereocenters. The van der Waals surface area contributed by atoms with Crippen LogP contribution in [0.4, 0.5) is 17.1 Å². The molecule has 1 aromatic heterocycles. The minimum atomic E-state index is 0.905. The Morgan fingerprint density at radius 3 is 1.11 bits per heavy atom. The number of para-hydroxylation sites is 2. The van der Waals surface area contributed by atoms with Gasteiger partial charge in [0.15, 0.2) is 0 Å². The molecule has 0 radical (unpaired) electrons. The smallest absolute Gasteiger partial charge is 0.143 e. The molecule has 0 atom stereocenters. The molecule has 0 saturated carbocycles. The molecular formula is C62H41NO. The highest BCUT2D eigenvalue weighted by Crippen LogP contribution is 2.42. The van der Waals surface area contributed by atoms with Crippen molar-refractivity contribution < 1.29 is 4.42 Å². The molecule has 0 bridgehead atoms. The topological polar surface area (TPSA) is 16.4 Å². The Labute approximate surface area is 372 Å². The molecule has 2 heteroatoms. The second kappa shape index (κ2) is 15.8. The van der Waals surface area contributed by atoms with Gasteiger partial charge in [-0.25, -0.2) is 0 Å². The SMILES string of the molecule is c1ccc(-c2cccc3c2oc2c(-c4cccc(-c5ccc(N(c6ccc(-c7ccc8ccccc8c7)cc6)c6ccc(-c7ccc8ccccc8c7)cc6)cc5)c4)cccc23)cc1. The molecule has 0 saturated heterocycles. The largest absolute Gasteiger partial charge is 0.455 e. The highest BCUT2D eigenvalue weighted by Gasteiger charge is 2.17. The fraction of sp³-hybridized carbons (Fsp3) is 0. The zero-order chi connectivity index (χ0) is 42.4. The van der Waals surface area contributed by atoms with Gasteiger partial charge in [-0.15, -0.1) is 0 Å². The Hall–Kier alpha value is -8.46. The lowest BCUT2D eigenvalue weighted by molar-refractivity contribution is 0.671. The summed E-state index contributed by atoms with van der Waals surface area (Å²) in [7, 11) is 0. The third-order valence-corrected chi connectivity index (χ3v) is 12.7. The van der Waals surface area contributed by atoms with Crippen molar-refractivity contribution in [1.82, 2.24) is 0 Å². The summed E-state index contributed by atoms with van der Waals surface area (Å²) >= 11 is 0. The van der Waals surface area contributed by atoms with Gasteiger partial charge < -0.3 is 9.32 Å². The van der Waals surface area contributed by atoms with E-state index in [1.165, 1.54) is 43.8 Å². The third kappa shape index (κ3) is 6.79. The summed E-state index contributed by atoms with van der Waals surface area (Å²) in [5, 5.41) is 7.23. The molecule has 0 aliphatic rings. The number of anilines is 3. The summed E-state index contributed by atoms with van der Waals surface area (Å²) in [5.74, 6) is 0. The van der Waals surface area contributed by atoms with Crippen LogP contribution >= 0.6 is 0 Å². The monoisotopic (exact) mass is 815 g/mol. The first kappa shape index (κ1) is 37.3. The first-order valence-corrected chi connectivity index (χ1v) is 21.9. The van der Waals surface area contributed by atoms with E-state index in [-0.39, 0.29) is 0 Å². The van der Waals surface area contributed by atoms with Crippen molar-refractivity contribution in [2.75, 3.05) is 4.90 Å². The van der Waals surface area contributed by atoms with Crippen LogP contribution in [-0.2, 0) is 0 Å². The summed E-state index contributed by atoms with van der Waals surface area (Å²) in [6.07, 6.45) is 0. The van der Waals surface area contributed by atoms with Crippen LogP contribution < -0.4 is 4.90 Å². The maximum Gasteiger partial charge on any atom is 0.143 e. The average molecular weight is 816 g/mol. The molecule has 2 nitrogen and oxygen atoms in total. The predicted octanol–water partition coefficient (Wildman–Crippen LogP) is 17.7. The maximum absolute atomic E-state index is 6.79. The summed E-state index contributed by atoms with van der Waals surface area (Å²) < 4.78 is 6.79. The maximum atomic E-state index is 6.79. The number of furan rings is 1. The van der Waals surface area contributed by atoms with Crippen molar-refractivity contribution in [2.24, 2.45) is 0 Å². The second-order valence-corrected chi connectivity index (χ2v) is 16.5. The highest BCUT2D eigenvalue weighted by molar-refractivity contribution is 6.13. The summed E-state index contributed by atoms with van der Waals surface area (Å²) in [5.41, 5.74) is 16.6. The van der Waals surface area contributed by atoms with Crippen molar-refractivity contribution in [2.45, 2.75) is 0 Å². The average Bonchev–Trinajstić information content (AvgIpc) is 3.76.